The van der Waals surface area contributed by atoms with E-state index in [0.717, 1.165) is 42.7 Å². The number of aryl methyl sites for hydroxylation is 1. The van der Waals surface area contributed by atoms with Crippen LogP contribution in [0.1, 0.15) is 26.7 Å². The van der Waals surface area contributed by atoms with E-state index < -0.39 is 7.14 Å². The van der Waals surface area contributed by atoms with Crippen molar-refractivity contribution in [2.24, 2.45) is 7.05 Å². The van der Waals surface area contributed by atoms with Gasteiger partial charge in [0, 0.05) is 67.8 Å². The van der Waals surface area contributed by atoms with Gasteiger partial charge >= 0.3 is 0 Å². The summed E-state index contributed by atoms with van der Waals surface area (Å²) in [5.74, 6) is 1.50. The Bertz CT molecular complexity index is 1950. The van der Waals surface area contributed by atoms with Crippen LogP contribution in [0, 0.1) is 0 Å². The molecular formula is C33H39BrN9O3P. The van der Waals surface area contributed by atoms with Crippen LogP contribution in [0.15, 0.2) is 59.7 Å². The lowest BCUT2D eigenvalue weighted by Gasteiger charge is -2.35. The summed E-state index contributed by atoms with van der Waals surface area (Å²) in [6, 6.07) is 7.83. The minimum atomic E-state index is -2.76. The summed E-state index contributed by atoms with van der Waals surface area (Å²) in [4.78, 5) is 20.6. The number of ether oxygens (including phenoxy) is 2. The number of rotatable bonds is 10. The number of hydrogen-bond donors (Lipinski definition) is 2. The molecule has 1 saturated heterocycles. The second kappa shape index (κ2) is 13.6. The minimum absolute atomic E-state index is 0.212. The summed E-state index contributed by atoms with van der Waals surface area (Å²) in [6.07, 6.45) is 11.1. The lowest BCUT2D eigenvalue weighted by Crippen LogP contribution is -2.38. The Labute approximate surface area is 282 Å². The van der Waals surface area contributed by atoms with Crippen LogP contribution in [0.25, 0.3) is 22.2 Å². The minimum Gasteiger partial charge on any atom is -0.494 e. The summed E-state index contributed by atoms with van der Waals surface area (Å²) < 4.78 is 27.9. The van der Waals surface area contributed by atoms with Crippen molar-refractivity contribution in [1.82, 2.24) is 29.7 Å². The molecule has 0 saturated carbocycles. The van der Waals surface area contributed by atoms with Gasteiger partial charge in [0.15, 0.2) is 0 Å². The third-order valence-electron chi connectivity index (χ3n) is 7.98. The highest BCUT2D eigenvalue weighted by molar-refractivity contribution is 9.10. The Balaban J connectivity index is 1.34. The molecule has 1 fully saturated rings. The van der Waals surface area contributed by atoms with Crippen LogP contribution in [-0.4, -0.2) is 75.5 Å². The normalized spacial score (nSPS) is 14.2. The highest BCUT2D eigenvalue weighted by Crippen LogP contribution is 2.43. The molecule has 0 amide bonds. The van der Waals surface area contributed by atoms with Crippen LogP contribution in [0.4, 0.5) is 28.8 Å². The molecule has 3 aromatic heterocycles. The third-order valence-corrected chi connectivity index (χ3v) is 10.1. The Kier molecular flexibility index (Phi) is 9.50. The van der Waals surface area contributed by atoms with E-state index in [0.29, 0.717) is 49.7 Å². The number of nitrogens with zero attached hydrogens (tertiary/aromatic N) is 7. The second-order valence-electron chi connectivity index (χ2n) is 12.2. The molecule has 2 N–H and O–H groups in total. The van der Waals surface area contributed by atoms with Crippen molar-refractivity contribution < 1.29 is 14.0 Å². The van der Waals surface area contributed by atoms with Crippen molar-refractivity contribution in [2.75, 3.05) is 49.1 Å². The van der Waals surface area contributed by atoms with Gasteiger partial charge in [0.1, 0.15) is 24.2 Å². The molecule has 47 heavy (non-hydrogen) atoms. The van der Waals surface area contributed by atoms with E-state index in [1.165, 1.54) is 0 Å². The predicted octanol–water partition coefficient (Wildman–Crippen LogP) is 6.72. The van der Waals surface area contributed by atoms with Crippen LogP contribution < -0.4 is 25.6 Å². The van der Waals surface area contributed by atoms with Gasteiger partial charge in [-0.05, 0) is 74.1 Å². The number of anilines is 5. The fourth-order valence-corrected chi connectivity index (χ4v) is 7.62. The Morgan fingerprint density at radius 3 is 2.47 bits per heavy atom. The highest BCUT2D eigenvalue weighted by Gasteiger charge is 2.26. The first-order valence-electron chi connectivity index (χ1n) is 15.5. The molecule has 14 heteroatoms. The summed E-state index contributed by atoms with van der Waals surface area (Å²) in [5.41, 5.74) is 5.69. The molecule has 0 atom stereocenters. The third kappa shape index (κ3) is 7.27. The van der Waals surface area contributed by atoms with Crippen LogP contribution in [0.5, 0.6) is 5.75 Å². The average molecular weight is 721 g/mol. The highest BCUT2D eigenvalue weighted by atomic mass is 79.9. The van der Waals surface area contributed by atoms with Gasteiger partial charge < -0.3 is 29.6 Å². The molecule has 1 aliphatic heterocycles. The van der Waals surface area contributed by atoms with Gasteiger partial charge in [-0.3, -0.25) is 14.6 Å². The lowest BCUT2D eigenvalue weighted by atomic mass is 10.0. The maximum absolute atomic E-state index is 13.5. The number of benzene rings is 2. The number of hydrogen-bond acceptors (Lipinski definition) is 11. The van der Waals surface area contributed by atoms with Crippen LogP contribution in [0.2, 0.25) is 0 Å². The summed E-state index contributed by atoms with van der Waals surface area (Å²) >= 11 is 3.58. The van der Waals surface area contributed by atoms with Gasteiger partial charge in [-0.15, -0.1) is 0 Å². The molecule has 5 aromatic rings. The van der Waals surface area contributed by atoms with E-state index in [2.05, 4.69) is 77.5 Å². The zero-order valence-corrected chi connectivity index (χ0v) is 29.8. The van der Waals surface area contributed by atoms with Crippen molar-refractivity contribution in [3.8, 4) is 16.9 Å². The van der Waals surface area contributed by atoms with E-state index in [1.807, 2.05) is 31.6 Å². The van der Waals surface area contributed by atoms with Gasteiger partial charge in [0.2, 0.25) is 5.95 Å². The van der Waals surface area contributed by atoms with E-state index >= 15 is 0 Å². The summed E-state index contributed by atoms with van der Waals surface area (Å²) in [5, 5.41) is 11.8. The summed E-state index contributed by atoms with van der Waals surface area (Å²) in [7, 11) is 0.804. The van der Waals surface area contributed by atoms with E-state index in [1.54, 1.807) is 43.7 Å². The monoisotopic (exact) mass is 719 g/mol. The zero-order chi connectivity index (χ0) is 33.3. The standard InChI is InChI=1S/C33H39BrN9O3P/c1-20(2)46-22-9-13-43(14-10-22)28-16-29(45-4)27(15-23(28)21-17-38-42(3)19-21)40-33-37-18-24(34)32(41-33)39-26-8-7-25-30(36-12-11-35-25)31(26)47(5,6)44/h7-8,11-12,15-20,22H,9-10,13-14H2,1-6H3,(H2,37,39,40,41). The van der Waals surface area contributed by atoms with Crippen molar-refractivity contribution in [3.05, 3.63) is 59.7 Å². The molecule has 0 unspecified atom stereocenters. The first-order chi connectivity index (χ1) is 22.5. The van der Waals surface area contributed by atoms with Crippen molar-refractivity contribution in [2.45, 2.75) is 38.9 Å². The quantitative estimate of drug-likeness (QED) is 0.149. The topological polar surface area (TPSA) is 132 Å². The molecule has 6 rings (SSSR count). The fraction of sp³-hybridized carbons (Fsp3) is 0.364. The van der Waals surface area contributed by atoms with Gasteiger partial charge in [0.25, 0.3) is 0 Å². The number of nitrogens with one attached hydrogen (secondary N) is 2. The maximum Gasteiger partial charge on any atom is 0.229 e. The van der Waals surface area contributed by atoms with Crippen LogP contribution >= 0.6 is 23.1 Å². The van der Waals surface area contributed by atoms with Crippen LogP contribution in [-0.2, 0) is 16.3 Å². The number of piperidine rings is 1. The smallest absolute Gasteiger partial charge is 0.229 e. The van der Waals surface area contributed by atoms with E-state index in [-0.39, 0.29) is 12.2 Å². The molecule has 12 nitrogen and oxygen atoms in total. The molecule has 0 aliphatic carbocycles. The largest absolute Gasteiger partial charge is 0.494 e. The van der Waals surface area contributed by atoms with Gasteiger partial charge in [0.05, 0.1) is 52.2 Å². The van der Waals surface area contributed by atoms with Gasteiger partial charge in [-0.2, -0.15) is 10.1 Å². The van der Waals surface area contributed by atoms with Gasteiger partial charge in [-0.25, -0.2) is 4.98 Å². The Morgan fingerprint density at radius 1 is 1.02 bits per heavy atom. The van der Waals surface area contributed by atoms with Gasteiger partial charge in [-0.1, -0.05) is 0 Å². The molecular weight excluding hydrogens is 681 g/mol. The molecule has 0 spiro atoms. The fourth-order valence-electron chi connectivity index (χ4n) is 5.94. The number of halogens is 1. The molecule has 2 aromatic carbocycles. The zero-order valence-electron chi connectivity index (χ0n) is 27.4. The second-order valence-corrected chi connectivity index (χ2v) is 16.2. The number of aromatic nitrogens is 6. The molecule has 0 bridgehead atoms. The SMILES string of the molecule is COc1cc(N2CCC(OC(C)C)CC2)c(-c2cnn(C)c2)cc1Nc1ncc(Br)c(Nc2ccc3nccnc3c2P(C)(C)=O)n1. The molecule has 0 radical (unpaired) electrons. The molecule has 4 heterocycles. The van der Waals surface area contributed by atoms with Crippen molar-refractivity contribution >= 4 is 68.2 Å². The predicted molar refractivity (Wildman–Crippen MR) is 192 cm³/mol. The van der Waals surface area contributed by atoms with Crippen molar-refractivity contribution in [3.63, 3.8) is 0 Å². The summed E-state index contributed by atoms with van der Waals surface area (Å²) in [6.45, 7) is 9.36. The molecule has 246 valence electrons. The maximum atomic E-state index is 13.5. The first-order valence-corrected chi connectivity index (χ1v) is 18.9. The van der Waals surface area contributed by atoms with E-state index in [9.17, 15) is 4.57 Å². The Morgan fingerprint density at radius 2 is 1.79 bits per heavy atom. The first kappa shape index (κ1) is 32.9. The number of methoxy groups -OCH3 is 1. The molecule has 1 aliphatic rings. The lowest BCUT2D eigenvalue weighted by molar-refractivity contribution is -0.00477. The number of fused-ring (bicyclic) bond motifs is 1. The van der Waals surface area contributed by atoms with E-state index in [4.69, 9.17) is 14.5 Å². The van der Waals surface area contributed by atoms with Crippen molar-refractivity contribution in [1.29, 1.82) is 0 Å². The Hall–Kier alpha value is -4.06. The average Bonchev–Trinajstić information content (AvgIpc) is 3.47. The van der Waals surface area contributed by atoms with Crippen LogP contribution in [0.3, 0.4) is 0 Å².